The van der Waals surface area contributed by atoms with Crippen LogP contribution in [0.15, 0.2) is 77.7 Å². The first-order valence-electron chi connectivity index (χ1n) is 11.8. The second-order valence-corrected chi connectivity index (χ2v) is 10.7. The molecule has 0 saturated carbocycles. The molecule has 0 radical (unpaired) electrons. The molecule has 38 heavy (non-hydrogen) atoms. The van der Waals surface area contributed by atoms with Crippen molar-refractivity contribution in [2.75, 3.05) is 18.0 Å². The van der Waals surface area contributed by atoms with Crippen LogP contribution in [0.5, 0.6) is 5.75 Å². The monoisotopic (exact) mass is 545 g/mol. The van der Waals surface area contributed by atoms with Gasteiger partial charge in [-0.1, -0.05) is 48.5 Å². The average Bonchev–Trinajstić information content (AvgIpc) is 2.91. The topological polar surface area (TPSA) is 72.9 Å². The third kappa shape index (κ3) is 6.02. The third-order valence-corrected chi connectivity index (χ3v) is 7.95. The van der Waals surface area contributed by atoms with Gasteiger partial charge in [-0.3, -0.25) is 9.10 Å². The molecule has 0 aromatic heterocycles. The molecule has 1 heterocycles. The molecule has 0 N–H and O–H groups in total. The summed E-state index contributed by atoms with van der Waals surface area (Å²) in [5.41, 5.74) is 1.74. The van der Waals surface area contributed by atoms with Crippen molar-refractivity contribution >= 4 is 33.3 Å². The highest BCUT2D eigenvalue weighted by atomic mass is 32.2. The summed E-state index contributed by atoms with van der Waals surface area (Å²) < 4.78 is 79.2. The van der Waals surface area contributed by atoms with E-state index in [0.29, 0.717) is 11.6 Å². The Morgan fingerprint density at radius 1 is 1.08 bits per heavy atom. The second kappa shape index (κ2) is 10.9. The predicted molar refractivity (Wildman–Crippen MR) is 138 cm³/mol. The van der Waals surface area contributed by atoms with Crippen molar-refractivity contribution in [2.24, 2.45) is 0 Å². The number of benzene rings is 3. The number of carbonyl (C=O) groups excluding carboxylic acids is 1. The summed E-state index contributed by atoms with van der Waals surface area (Å²) in [6, 6.07) is 18.3. The molecule has 200 valence electrons. The lowest BCUT2D eigenvalue weighted by Crippen LogP contribution is -2.43. The molecule has 0 fully saturated rings. The minimum atomic E-state index is -4.70. The number of methoxy groups -OCH3 is 1. The molecule has 0 saturated heterocycles. The van der Waals surface area contributed by atoms with Gasteiger partial charge in [0.15, 0.2) is 0 Å². The molecule has 0 unspecified atom stereocenters. The minimum Gasteiger partial charge on any atom is -0.486 e. The number of sulfonamides is 1. The van der Waals surface area contributed by atoms with E-state index in [1.54, 1.807) is 18.2 Å². The standard InChI is InChI=1S/C28H26F3NO5S/c1-19(21-7-4-3-5-8-21)15-20-11-13-26-25(16-20)32(18-23(37-26)12-14-27(33)36-2)38(34,35)24-10-6-9-22(17-24)28(29,30)31/h3-11,13,15-17,23H,12,14,18H2,1-2H3/b19-15+/t23-/m0/s1. The van der Waals surface area contributed by atoms with Crippen LogP contribution in [0.3, 0.4) is 0 Å². The molecule has 6 nitrogen and oxygen atoms in total. The first kappa shape index (κ1) is 27.3. The SMILES string of the molecule is COC(=O)CC[C@H]1CN(S(=O)(=O)c2cccc(C(F)(F)F)c2)c2cc(/C=C(\C)c3ccccc3)ccc2O1. The fourth-order valence-corrected chi connectivity index (χ4v) is 5.72. The van der Waals surface area contributed by atoms with Crippen molar-refractivity contribution in [1.29, 1.82) is 0 Å². The van der Waals surface area contributed by atoms with Gasteiger partial charge in [0.05, 0.1) is 29.8 Å². The number of alkyl halides is 3. The van der Waals surface area contributed by atoms with Crippen molar-refractivity contribution in [3.05, 3.63) is 89.5 Å². The number of rotatable bonds is 7. The molecule has 1 aliphatic rings. The maximum Gasteiger partial charge on any atom is 0.416 e. The molecule has 1 aliphatic heterocycles. The molecule has 0 bridgehead atoms. The first-order valence-corrected chi connectivity index (χ1v) is 13.2. The van der Waals surface area contributed by atoms with Gasteiger partial charge in [0.25, 0.3) is 10.0 Å². The number of fused-ring (bicyclic) bond motifs is 1. The van der Waals surface area contributed by atoms with Crippen LogP contribution in [-0.2, 0) is 25.7 Å². The molecular formula is C28H26F3NO5S. The number of esters is 1. The number of hydrogen-bond donors (Lipinski definition) is 0. The smallest absolute Gasteiger partial charge is 0.416 e. The predicted octanol–water partition coefficient (Wildman–Crippen LogP) is 6.18. The van der Waals surface area contributed by atoms with Crippen molar-refractivity contribution in [1.82, 2.24) is 0 Å². The van der Waals surface area contributed by atoms with E-state index in [0.717, 1.165) is 33.6 Å². The summed E-state index contributed by atoms with van der Waals surface area (Å²) in [6.07, 6.45) is -3.38. The lowest BCUT2D eigenvalue weighted by molar-refractivity contribution is -0.141. The Labute approximate surface area is 219 Å². The van der Waals surface area contributed by atoms with E-state index < -0.39 is 38.7 Å². The van der Waals surface area contributed by atoms with Gasteiger partial charge in [-0.15, -0.1) is 0 Å². The van der Waals surface area contributed by atoms with Gasteiger partial charge in [-0.25, -0.2) is 8.42 Å². The van der Waals surface area contributed by atoms with Crippen LogP contribution < -0.4 is 9.04 Å². The zero-order valence-electron chi connectivity index (χ0n) is 20.7. The summed E-state index contributed by atoms with van der Waals surface area (Å²) in [5, 5.41) is 0. The molecular weight excluding hydrogens is 519 g/mol. The van der Waals surface area contributed by atoms with Crippen molar-refractivity contribution in [3.63, 3.8) is 0 Å². The maximum absolute atomic E-state index is 13.7. The molecule has 0 amide bonds. The first-order chi connectivity index (χ1) is 18.0. The van der Waals surface area contributed by atoms with Crippen LogP contribution in [0.4, 0.5) is 18.9 Å². The van der Waals surface area contributed by atoms with Crippen LogP contribution in [0.2, 0.25) is 0 Å². The number of ether oxygens (including phenoxy) is 2. The van der Waals surface area contributed by atoms with Crippen LogP contribution in [-0.4, -0.2) is 34.1 Å². The lowest BCUT2D eigenvalue weighted by Gasteiger charge is -2.35. The largest absolute Gasteiger partial charge is 0.486 e. The van der Waals surface area contributed by atoms with E-state index in [-0.39, 0.29) is 30.8 Å². The quantitative estimate of drug-likeness (QED) is 0.262. The van der Waals surface area contributed by atoms with Gasteiger partial charge in [0, 0.05) is 6.42 Å². The summed E-state index contributed by atoms with van der Waals surface area (Å²) in [5.74, 6) is -0.236. The third-order valence-electron chi connectivity index (χ3n) is 6.17. The number of nitrogens with zero attached hydrogens (tertiary/aromatic N) is 1. The molecule has 3 aromatic carbocycles. The average molecular weight is 546 g/mol. The summed E-state index contributed by atoms with van der Waals surface area (Å²) in [4.78, 5) is 11.2. The molecule has 1 atom stereocenters. The Bertz CT molecular complexity index is 1450. The van der Waals surface area contributed by atoms with Crippen LogP contribution >= 0.6 is 0 Å². The maximum atomic E-state index is 13.7. The van der Waals surface area contributed by atoms with Crippen molar-refractivity contribution in [3.8, 4) is 5.75 Å². The van der Waals surface area contributed by atoms with Gasteiger partial charge < -0.3 is 9.47 Å². The second-order valence-electron chi connectivity index (χ2n) is 8.84. The summed E-state index contributed by atoms with van der Waals surface area (Å²) in [7, 11) is -3.17. The van der Waals surface area contributed by atoms with Crippen LogP contribution in [0, 0.1) is 0 Å². The van der Waals surface area contributed by atoms with Crippen LogP contribution in [0.25, 0.3) is 11.6 Å². The lowest BCUT2D eigenvalue weighted by atomic mass is 10.0. The Morgan fingerprint density at radius 3 is 2.50 bits per heavy atom. The molecule has 3 aromatic rings. The molecule has 0 aliphatic carbocycles. The molecule has 10 heteroatoms. The van der Waals surface area contributed by atoms with Gasteiger partial charge in [-0.05, 0) is 60.4 Å². The van der Waals surface area contributed by atoms with E-state index in [4.69, 9.17) is 4.74 Å². The van der Waals surface area contributed by atoms with E-state index in [1.165, 1.54) is 7.11 Å². The van der Waals surface area contributed by atoms with Gasteiger partial charge >= 0.3 is 12.1 Å². The van der Waals surface area contributed by atoms with Gasteiger partial charge in [0.2, 0.25) is 0 Å². The fourth-order valence-electron chi connectivity index (χ4n) is 4.17. The molecule has 0 spiro atoms. The number of anilines is 1. The Balaban J connectivity index is 1.76. The van der Waals surface area contributed by atoms with Crippen molar-refractivity contribution in [2.45, 2.75) is 36.9 Å². The zero-order chi connectivity index (χ0) is 27.5. The Kier molecular flexibility index (Phi) is 7.82. The highest BCUT2D eigenvalue weighted by Crippen LogP contribution is 2.40. The Morgan fingerprint density at radius 2 is 1.82 bits per heavy atom. The van der Waals surface area contributed by atoms with E-state index >= 15 is 0 Å². The van der Waals surface area contributed by atoms with E-state index in [2.05, 4.69) is 4.74 Å². The number of hydrogen-bond acceptors (Lipinski definition) is 5. The highest BCUT2D eigenvalue weighted by Gasteiger charge is 2.37. The number of halogens is 3. The normalized spacial score (nSPS) is 16.0. The van der Waals surface area contributed by atoms with Gasteiger partial charge in [-0.2, -0.15) is 13.2 Å². The number of allylic oxidation sites excluding steroid dienone is 1. The highest BCUT2D eigenvalue weighted by molar-refractivity contribution is 7.92. The zero-order valence-corrected chi connectivity index (χ0v) is 21.6. The van der Waals surface area contributed by atoms with Crippen molar-refractivity contribution < 1.29 is 35.9 Å². The van der Waals surface area contributed by atoms with E-state index in [9.17, 15) is 26.4 Å². The molecule has 4 rings (SSSR count). The summed E-state index contributed by atoms with van der Waals surface area (Å²) >= 11 is 0. The van der Waals surface area contributed by atoms with Crippen LogP contribution in [0.1, 0.15) is 36.5 Å². The fraction of sp³-hybridized carbons (Fsp3) is 0.250. The van der Waals surface area contributed by atoms with Gasteiger partial charge in [0.1, 0.15) is 11.9 Å². The Hall–Kier alpha value is -3.79. The number of carbonyl (C=O) groups is 1. The van der Waals surface area contributed by atoms with E-state index in [1.807, 2.05) is 43.3 Å². The summed E-state index contributed by atoms with van der Waals surface area (Å²) in [6.45, 7) is 1.73. The minimum absolute atomic E-state index is 0.00889.